The summed E-state index contributed by atoms with van der Waals surface area (Å²) in [4.78, 5) is 0. The minimum Gasteiger partial charge on any atom is -0.403 e. The first kappa shape index (κ1) is 15.9. The molecule has 8 heteroatoms. The van der Waals surface area contributed by atoms with Gasteiger partial charge in [0.15, 0.2) is 6.29 Å². The largest absolute Gasteiger partial charge is 0.494 e. The first-order valence-corrected chi connectivity index (χ1v) is 7.05. The Labute approximate surface area is 128 Å². The molecule has 0 saturated carbocycles. The molecule has 1 aromatic carbocycles. The Balaban J connectivity index is 1.78. The maximum atomic E-state index is 13.2. The van der Waals surface area contributed by atoms with Crippen molar-refractivity contribution in [2.75, 3.05) is 20.8 Å². The van der Waals surface area contributed by atoms with E-state index in [9.17, 15) is 9.50 Å². The van der Waals surface area contributed by atoms with E-state index in [1.807, 2.05) is 0 Å². The third-order valence-corrected chi connectivity index (χ3v) is 3.98. The summed E-state index contributed by atoms with van der Waals surface area (Å²) < 4.78 is 40.9. The molecule has 4 atom stereocenters. The van der Waals surface area contributed by atoms with Crippen molar-refractivity contribution < 1.29 is 33.0 Å². The van der Waals surface area contributed by atoms with Gasteiger partial charge in [-0.3, -0.25) is 0 Å². The number of aliphatic hydroxyl groups is 1. The third kappa shape index (κ3) is 2.78. The van der Waals surface area contributed by atoms with Gasteiger partial charge >= 0.3 is 7.12 Å². The predicted molar refractivity (Wildman–Crippen MR) is 75.0 cm³/mol. The van der Waals surface area contributed by atoms with Crippen molar-refractivity contribution in [2.24, 2.45) is 0 Å². The van der Waals surface area contributed by atoms with Crippen LogP contribution in [0.1, 0.15) is 5.56 Å². The van der Waals surface area contributed by atoms with Crippen LogP contribution in [0, 0.1) is 5.82 Å². The topological polar surface area (TPSA) is 66.4 Å². The molecule has 6 nitrogen and oxygen atoms in total. The zero-order valence-corrected chi connectivity index (χ0v) is 12.4. The molecule has 1 aromatic rings. The zero-order chi connectivity index (χ0) is 15.7. The maximum absolute atomic E-state index is 13.2. The number of rotatable bonds is 5. The minimum atomic E-state index is -0.671. The van der Waals surface area contributed by atoms with Gasteiger partial charge in [-0.05, 0) is 23.2 Å². The summed E-state index contributed by atoms with van der Waals surface area (Å²) >= 11 is 0. The van der Waals surface area contributed by atoms with E-state index in [4.69, 9.17) is 23.5 Å². The second kappa shape index (κ2) is 6.61. The SMILES string of the molecule is COC1[C@@H](CO)O[C@@H](OC)[C@H]1OB1OCc2cc(F)ccc21. The predicted octanol–water partition coefficient (Wildman–Crippen LogP) is -0.185. The number of benzene rings is 1. The number of hydrogen-bond donors (Lipinski definition) is 1. The zero-order valence-electron chi connectivity index (χ0n) is 12.4. The van der Waals surface area contributed by atoms with Gasteiger partial charge in [-0.2, -0.15) is 0 Å². The van der Waals surface area contributed by atoms with Gasteiger partial charge in [0.05, 0.1) is 13.2 Å². The van der Waals surface area contributed by atoms with Crippen molar-refractivity contribution in [3.05, 3.63) is 29.6 Å². The Hall–Kier alpha value is -1.03. The lowest BCUT2D eigenvalue weighted by Crippen LogP contribution is -2.45. The van der Waals surface area contributed by atoms with Crippen LogP contribution in [0.2, 0.25) is 0 Å². The lowest BCUT2D eigenvalue weighted by molar-refractivity contribution is -0.150. The summed E-state index contributed by atoms with van der Waals surface area (Å²) in [6, 6.07) is 4.44. The number of ether oxygens (including phenoxy) is 3. The molecule has 0 aromatic heterocycles. The van der Waals surface area contributed by atoms with Gasteiger partial charge in [0.2, 0.25) is 0 Å². The van der Waals surface area contributed by atoms with Crippen LogP contribution < -0.4 is 5.46 Å². The van der Waals surface area contributed by atoms with Gasteiger partial charge in [-0.1, -0.05) is 6.07 Å². The highest BCUT2D eigenvalue weighted by Gasteiger charge is 2.48. The third-order valence-electron chi connectivity index (χ3n) is 3.98. The van der Waals surface area contributed by atoms with Crippen molar-refractivity contribution in [1.82, 2.24) is 0 Å². The summed E-state index contributed by atoms with van der Waals surface area (Å²) in [6.07, 6.45) is -2.25. The molecule has 22 heavy (non-hydrogen) atoms. The van der Waals surface area contributed by atoms with Crippen LogP contribution in [-0.2, 0) is 30.1 Å². The van der Waals surface area contributed by atoms with E-state index in [-0.39, 0.29) is 19.0 Å². The molecule has 2 heterocycles. The first-order valence-electron chi connectivity index (χ1n) is 7.05. The average Bonchev–Trinajstić information content (AvgIpc) is 3.08. The smallest absolute Gasteiger partial charge is 0.403 e. The summed E-state index contributed by atoms with van der Waals surface area (Å²) in [5, 5.41) is 9.36. The monoisotopic (exact) mass is 312 g/mol. The van der Waals surface area contributed by atoms with Gasteiger partial charge in [0.25, 0.3) is 0 Å². The Kier molecular flexibility index (Phi) is 4.77. The van der Waals surface area contributed by atoms with E-state index in [0.29, 0.717) is 0 Å². The molecule has 120 valence electrons. The fourth-order valence-electron chi connectivity index (χ4n) is 2.90. The van der Waals surface area contributed by atoms with E-state index in [1.54, 1.807) is 6.07 Å². The molecule has 0 spiro atoms. The molecule has 1 fully saturated rings. The lowest BCUT2D eigenvalue weighted by Gasteiger charge is -2.24. The highest BCUT2D eigenvalue weighted by molar-refractivity contribution is 6.62. The normalized spacial score (nSPS) is 30.8. The highest BCUT2D eigenvalue weighted by Crippen LogP contribution is 2.28. The molecular formula is C14H18BFO6. The van der Waals surface area contributed by atoms with Gasteiger partial charge in [0.1, 0.15) is 24.1 Å². The van der Waals surface area contributed by atoms with E-state index in [0.717, 1.165) is 11.0 Å². The fraction of sp³-hybridized carbons (Fsp3) is 0.571. The Morgan fingerprint density at radius 2 is 2.14 bits per heavy atom. The van der Waals surface area contributed by atoms with Crippen LogP contribution in [0.4, 0.5) is 4.39 Å². The summed E-state index contributed by atoms with van der Waals surface area (Å²) in [7, 11) is 2.37. The number of hydrogen-bond acceptors (Lipinski definition) is 6. The summed E-state index contributed by atoms with van der Waals surface area (Å²) in [5.74, 6) is -0.308. The number of halogens is 1. The van der Waals surface area contributed by atoms with Crippen molar-refractivity contribution in [2.45, 2.75) is 31.2 Å². The molecular weight excluding hydrogens is 294 g/mol. The maximum Gasteiger partial charge on any atom is 0.494 e. The van der Waals surface area contributed by atoms with Crippen LogP contribution in [0.5, 0.6) is 0 Å². The Bertz CT molecular complexity index is 530. The van der Waals surface area contributed by atoms with E-state index in [2.05, 4.69) is 0 Å². The summed E-state index contributed by atoms with van der Waals surface area (Å²) in [6.45, 7) is 0.0790. The average molecular weight is 312 g/mol. The van der Waals surface area contributed by atoms with Gasteiger partial charge in [-0.25, -0.2) is 4.39 Å². The summed E-state index contributed by atoms with van der Waals surface area (Å²) in [5.41, 5.74) is 1.53. The van der Waals surface area contributed by atoms with Crippen LogP contribution in [0.25, 0.3) is 0 Å². The molecule has 0 bridgehead atoms. The van der Waals surface area contributed by atoms with Crippen LogP contribution in [0.15, 0.2) is 18.2 Å². The van der Waals surface area contributed by atoms with Crippen LogP contribution in [-0.4, -0.2) is 57.7 Å². The Morgan fingerprint density at radius 1 is 1.32 bits per heavy atom. The molecule has 0 aliphatic carbocycles. The highest BCUT2D eigenvalue weighted by atomic mass is 19.1. The number of methoxy groups -OCH3 is 2. The number of aliphatic hydroxyl groups excluding tert-OH is 1. The quantitative estimate of drug-likeness (QED) is 0.761. The van der Waals surface area contributed by atoms with Gasteiger partial charge in [-0.15, -0.1) is 0 Å². The van der Waals surface area contributed by atoms with Crippen LogP contribution in [0.3, 0.4) is 0 Å². The van der Waals surface area contributed by atoms with E-state index in [1.165, 1.54) is 26.4 Å². The molecule has 2 aliphatic rings. The molecule has 1 unspecified atom stereocenters. The fourth-order valence-corrected chi connectivity index (χ4v) is 2.90. The number of fused-ring (bicyclic) bond motifs is 1. The second-order valence-electron chi connectivity index (χ2n) is 5.25. The van der Waals surface area contributed by atoms with Crippen molar-refractivity contribution in [3.8, 4) is 0 Å². The van der Waals surface area contributed by atoms with Crippen molar-refractivity contribution in [1.29, 1.82) is 0 Å². The van der Waals surface area contributed by atoms with Gasteiger partial charge in [0, 0.05) is 14.2 Å². The minimum absolute atomic E-state index is 0.203. The molecule has 1 saturated heterocycles. The lowest BCUT2D eigenvalue weighted by atomic mass is 9.78. The standard InChI is InChI=1S/C14H18BFO6/c1-18-12-11(6-17)21-14(19-2)13(12)22-15-10-4-3-9(16)5-8(10)7-20-15/h3-5,11-14,17H,6-7H2,1-2H3/t11-,12?,13+,14-/m1/s1. The van der Waals surface area contributed by atoms with E-state index < -0.39 is 31.7 Å². The molecule has 3 rings (SSSR count). The second-order valence-corrected chi connectivity index (χ2v) is 5.25. The van der Waals surface area contributed by atoms with E-state index >= 15 is 0 Å². The molecule has 2 aliphatic heterocycles. The molecule has 1 N–H and O–H groups in total. The van der Waals surface area contributed by atoms with Crippen molar-refractivity contribution >= 4 is 12.6 Å². The Morgan fingerprint density at radius 3 is 2.82 bits per heavy atom. The van der Waals surface area contributed by atoms with Gasteiger partial charge < -0.3 is 28.6 Å². The van der Waals surface area contributed by atoms with Crippen LogP contribution >= 0.6 is 0 Å². The first-order chi connectivity index (χ1) is 10.7. The van der Waals surface area contributed by atoms with Crippen molar-refractivity contribution in [3.63, 3.8) is 0 Å². The molecule has 0 amide bonds. The molecule has 0 radical (unpaired) electrons.